The Morgan fingerprint density at radius 1 is 1.13 bits per heavy atom. The third kappa shape index (κ3) is 3.48. The summed E-state index contributed by atoms with van der Waals surface area (Å²) < 4.78 is 12.0. The highest BCUT2D eigenvalue weighted by Gasteiger charge is 2.41. The molecule has 0 spiro atoms. The minimum atomic E-state index is -0.559. The lowest BCUT2D eigenvalue weighted by Crippen LogP contribution is -2.33. The van der Waals surface area contributed by atoms with Crippen LogP contribution in [-0.4, -0.2) is 22.3 Å². The number of nitro benzene ring substituents is 1. The first kappa shape index (κ1) is 19.1. The van der Waals surface area contributed by atoms with Gasteiger partial charge in [-0.2, -0.15) is 5.10 Å². The minimum absolute atomic E-state index is 0.0293. The zero-order valence-electron chi connectivity index (χ0n) is 17.0. The highest BCUT2D eigenvalue weighted by Crippen LogP contribution is 2.48. The monoisotopic (exact) mass is 415 g/mol. The van der Waals surface area contributed by atoms with E-state index in [0.717, 1.165) is 28.3 Å². The first-order valence-corrected chi connectivity index (χ1v) is 10.2. The molecule has 0 N–H and O–H groups in total. The molecule has 0 saturated heterocycles. The summed E-state index contributed by atoms with van der Waals surface area (Å²) >= 11 is 0. The maximum atomic E-state index is 11.3. The second-order valence-corrected chi connectivity index (χ2v) is 7.47. The molecular weight excluding hydrogens is 394 g/mol. The van der Waals surface area contributed by atoms with E-state index in [4.69, 9.17) is 14.6 Å². The van der Waals surface area contributed by atoms with Crippen LogP contribution in [0.5, 0.6) is 11.5 Å². The molecule has 0 radical (unpaired) electrons. The predicted molar refractivity (Wildman–Crippen MR) is 116 cm³/mol. The van der Waals surface area contributed by atoms with Crippen molar-refractivity contribution < 1.29 is 14.4 Å². The number of rotatable bonds is 5. The smallest absolute Gasteiger partial charge is 0.269 e. The molecule has 31 heavy (non-hydrogen) atoms. The molecule has 7 heteroatoms. The van der Waals surface area contributed by atoms with Crippen LogP contribution in [0.2, 0.25) is 0 Å². The fraction of sp³-hybridized carbons (Fsp3) is 0.208. The summed E-state index contributed by atoms with van der Waals surface area (Å²) in [6.45, 7) is 2.53. The quantitative estimate of drug-likeness (QED) is 0.421. The van der Waals surface area contributed by atoms with Gasteiger partial charge in [0.15, 0.2) is 0 Å². The molecule has 3 aromatic carbocycles. The second-order valence-electron chi connectivity index (χ2n) is 7.47. The van der Waals surface area contributed by atoms with E-state index in [1.54, 1.807) is 12.1 Å². The molecule has 0 bridgehead atoms. The molecule has 0 aromatic heterocycles. The Balaban J connectivity index is 1.60. The van der Waals surface area contributed by atoms with Crippen LogP contribution >= 0.6 is 0 Å². The van der Waals surface area contributed by atoms with Crippen molar-refractivity contribution >= 4 is 11.4 Å². The molecule has 2 atom stereocenters. The summed E-state index contributed by atoms with van der Waals surface area (Å²) in [5.41, 5.74) is 3.73. The van der Waals surface area contributed by atoms with Crippen LogP contribution in [-0.2, 0) is 0 Å². The van der Waals surface area contributed by atoms with Crippen molar-refractivity contribution in [2.45, 2.75) is 25.6 Å². The van der Waals surface area contributed by atoms with Crippen LogP contribution in [0.1, 0.15) is 42.3 Å². The molecule has 0 saturated carbocycles. The van der Waals surface area contributed by atoms with Gasteiger partial charge in [0, 0.05) is 29.7 Å². The van der Waals surface area contributed by atoms with E-state index in [0.29, 0.717) is 18.6 Å². The van der Waals surface area contributed by atoms with Crippen molar-refractivity contribution in [1.29, 1.82) is 0 Å². The zero-order chi connectivity index (χ0) is 21.4. The molecule has 3 aromatic rings. The van der Waals surface area contributed by atoms with E-state index in [-0.39, 0.29) is 11.7 Å². The molecule has 0 amide bonds. The zero-order valence-corrected chi connectivity index (χ0v) is 17.0. The van der Waals surface area contributed by atoms with Gasteiger partial charge in [0.2, 0.25) is 6.23 Å². The number of nitro groups is 1. The predicted octanol–water partition coefficient (Wildman–Crippen LogP) is 5.24. The van der Waals surface area contributed by atoms with Gasteiger partial charge in [0.25, 0.3) is 5.69 Å². The number of hydrogen-bond acceptors (Lipinski definition) is 6. The van der Waals surface area contributed by atoms with Crippen molar-refractivity contribution in [2.24, 2.45) is 5.10 Å². The van der Waals surface area contributed by atoms with E-state index in [9.17, 15) is 10.1 Å². The van der Waals surface area contributed by atoms with Gasteiger partial charge in [-0.1, -0.05) is 42.5 Å². The molecule has 2 heterocycles. The fourth-order valence-electron chi connectivity index (χ4n) is 4.14. The summed E-state index contributed by atoms with van der Waals surface area (Å²) in [6.07, 6.45) is 0.151. The van der Waals surface area contributed by atoms with Crippen LogP contribution in [0.3, 0.4) is 0 Å². The minimum Gasteiger partial charge on any atom is -0.494 e. The van der Waals surface area contributed by atoms with Gasteiger partial charge in [-0.3, -0.25) is 10.1 Å². The molecule has 0 fully saturated rings. The van der Waals surface area contributed by atoms with Crippen molar-refractivity contribution in [1.82, 2.24) is 5.01 Å². The van der Waals surface area contributed by atoms with E-state index in [2.05, 4.69) is 0 Å². The SMILES string of the molecule is CCOc1ccc2c(c1)C1CC(c3ccccc3)=NN1C(c1cccc([N+](=O)[O-])c1)O2. The van der Waals surface area contributed by atoms with Gasteiger partial charge in [0.05, 0.1) is 23.3 Å². The molecule has 2 aliphatic heterocycles. The standard InChI is InChI=1S/C24H21N3O4/c1-2-30-19-11-12-23-20(14-19)22-15-21(16-7-4-3-5-8-16)25-26(22)24(31-23)17-9-6-10-18(13-17)27(28)29/h3-14,22,24H,2,15H2,1H3. The summed E-state index contributed by atoms with van der Waals surface area (Å²) in [6, 6.07) is 22.3. The Morgan fingerprint density at radius 2 is 1.97 bits per heavy atom. The average molecular weight is 415 g/mol. The van der Waals surface area contributed by atoms with Gasteiger partial charge < -0.3 is 9.47 Å². The number of benzene rings is 3. The molecule has 5 rings (SSSR count). The van der Waals surface area contributed by atoms with E-state index in [1.165, 1.54) is 6.07 Å². The largest absolute Gasteiger partial charge is 0.494 e. The summed E-state index contributed by atoms with van der Waals surface area (Å²) in [4.78, 5) is 10.9. The maximum Gasteiger partial charge on any atom is 0.269 e. The lowest BCUT2D eigenvalue weighted by atomic mass is 9.95. The highest BCUT2D eigenvalue weighted by atomic mass is 16.6. The Bertz CT molecular complexity index is 1160. The summed E-state index contributed by atoms with van der Waals surface area (Å²) in [5, 5.41) is 18.1. The van der Waals surface area contributed by atoms with Gasteiger partial charge in [-0.15, -0.1) is 0 Å². The molecular formula is C24H21N3O4. The van der Waals surface area contributed by atoms with E-state index in [1.807, 2.05) is 66.5 Å². The molecule has 0 aliphatic carbocycles. The van der Waals surface area contributed by atoms with Crippen LogP contribution in [0.4, 0.5) is 5.69 Å². The van der Waals surface area contributed by atoms with Crippen molar-refractivity contribution in [3.63, 3.8) is 0 Å². The summed E-state index contributed by atoms with van der Waals surface area (Å²) in [5.74, 6) is 1.53. The molecule has 2 unspecified atom stereocenters. The van der Waals surface area contributed by atoms with Gasteiger partial charge in [-0.25, -0.2) is 5.01 Å². The van der Waals surface area contributed by atoms with Gasteiger partial charge >= 0.3 is 0 Å². The third-order valence-electron chi connectivity index (χ3n) is 5.55. The second kappa shape index (κ2) is 7.75. The topological polar surface area (TPSA) is 77.2 Å². The molecule has 156 valence electrons. The fourth-order valence-corrected chi connectivity index (χ4v) is 4.14. The van der Waals surface area contributed by atoms with Crippen LogP contribution in [0.25, 0.3) is 0 Å². The molecule has 7 nitrogen and oxygen atoms in total. The Labute approximate surface area is 179 Å². The number of non-ortho nitro benzene ring substituents is 1. The van der Waals surface area contributed by atoms with Crippen molar-refractivity contribution in [3.8, 4) is 11.5 Å². The Hall–Kier alpha value is -3.87. The Kier molecular flexibility index (Phi) is 4.78. The first-order valence-electron chi connectivity index (χ1n) is 10.2. The lowest BCUT2D eigenvalue weighted by Gasteiger charge is -2.38. The van der Waals surface area contributed by atoms with Crippen molar-refractivity contribution in [2.75, 3.05) is 6.61 Å². The number of nitrogens with zero attached hydrogens (tertiary/aromatic N) is 3. The van der Waals surface area contributed by atoms with E-state index >= 15 is 0 Å². The lowest BCUT2D eigenvalue weighted by molar-refractivity contribution is -0.385. The van der Waals surface area contributed by atoms with Crippen molar-refractivity contribution in [3.05, 3.63) is 99.6 Å². The number of hydrogen-bond donors (Lipinski definition) is 0. The van der Waals surface area contributed by atoms with Crippen LogP contribution < -0.4 is 9.47 Å². The number of ether oxygens (including phenoxy) is 2. The van der Waals surface area contributed by atoms with E-state index < -0.39 is 11.2 Å². The normalized spacial score (nSPS) is 19.1. The molecule has 2 aliphatic rings. The van der Waals surface area contributed by atoms with Gasteiger partial charge in [0.1, 0.15) is 11.5 Å². The Morgan fingerprint density at radius 3 is 2.74 bits per heavy atom. The summed E-state index contributed by atoms with van der Waals surface area (Å²) in [7, 11) is 0. The van der Waals surface area contributed by atoms with Crippen LogP contribution in [0, 0.1) is 10.1 Å². The van der Waals surface area contributed by atoms with Gasteiger partial charge in [-0.05, 0) is 30.7 Å². The average Bonchev–Trinajstić information content (AvgIpc) is 3.25. The van der Waals surface area contributed by atoms with Crippen LogP contribution in [0.15, 0.2) is 77.9 Å². The first-order chi connectivity index (χ1) is 15.1. The highest BCUT2D eigenvalue weighted by molar-refractivity contribution is 6.01. The number of fused-ring (bicyclic) bond motifs is 3. The number of hydrazone groups is 1. The maximum absolute atomic E-state index is 11.3. The third-order valence-corrected chi connectivity index (χ3v) is 5.55.